The van der Waals surface area contributed by atoms with Crippen molar-refractivity contribution in [1.29, 1.82) is 0 Å². The molecule has 2 N–H and O–H groups in total. The number of likely N-dealkylation sites (N-methyl/N-ethyl adjacent to an activating group) is 1. The van der Waals surface area contributed by atoms with Gasteiger partial charge in [-0.05, 0) is 19.9 Å². The number of hydrogen-bond donors (Lipinski definition) is 2. The Labute approximate surface area is 121 Å². The van der Waals surface area contributed by atoms with Crippen molar-refractivity contribution in [3.63, 3.8) is 0 Å². The summed E-state index contributed by atoms with van der Waals surface area (Å²) in [5.74, 6) is 0.516. The summed E-state index contributed by atoms with van der Waals surface area (Å²) < 4.78 is 36.2. The summed E-state index contributed by atoms with van der Waals surface area (Å²) in [6, 6.07) is 2.29. The molecule has 1 fully saturated rings. The molecule has 2 heterocycles. The predicted octanol–water partition coefficient (Wildman–Crippen LogP) is 2.03. The first-order chi connectivity index (χ1) is 9.98. The fourth-order valence-electron chi connectivity index (χ4n) is 2.35. The number of nitrogens with one attached hydrogen (secondary N) is 2. The highest BCUT2D eigenvalue weighted by Gasteiger charge is 2.26. The van der Waals surface area contributed by atoms with Crippen molar-refractivity contribution in [3.05, 3.63) is 12.3 Å². The van der Waals surface area contributed by atoms with E-state index in [0.29, 0.717) is 11.9 Å². The van der Waals surface area contributed by atoms with Gasteiger partial charge in [-0.2, -0.15) is 18.3 Å². The molecule has 0 spiro atoms. The molecule has 0 amide bonds. The predicted molar refractivity (Wildman–Crippen MR) is 75.5 cm³/mol. The Kier molecular flexibility index (Phi) is 5.22. The van der Waals surface area contributed by atoms with Gasteiger partial charge in [0.1, 0.15) is 0 Å². The molecule has 0 aromatic carbocycles. The zero-order chi connectivity index (χ0) is 15.3. The third-order valence-electron chi connectivity index (χ3n) is 3.54. The van der Waals surface area contributed by atoms with Crippen molar-refractivity contribution in [2.45, 2.75) is 31.5 Å². The standard InChI is InChI=1S/C13H20F3N5/c1-17-10-3-6-21(9-10)11-7-12(20-19-8-11)18-5-2-4-13(14,15)16/h7-8,10,17H,2-6,9H2,1H3,(H,18,20)/t10-/m0/s1. The second-order valence-electron chi connectivity index (χ2n) is 5.16. The van der Waals surface area contributed by atoms with Crippen molar-refractivity contribution in [1.82, 2.24) is 15.5 Å². The fraction of sp³-hybridized carbons (Fsp3) is 0.692. The Balaban J connectivity index is 1.84. The van der Waals surface area contributed by atoms with Gasteiger partial charge in [0.25, 0.3) is 0 Å². The molecule has 118 valence electrons. The average molecular weight is 303 g/mol. The van der Waals surface area contributed by atoms with Crippen LogP contribution in [0.1, 0.15) is 19.3 Å². The molecule has 1 aromatic heterocycles. The largest absolute Gasteiger partial charge is 0.389 e. The number of aromatic nitrogens is 2. The molecule has 0 aliphatic carbocycles. The maximum absolute atomic E-state index is 12.1. The highest BCUT2D eigenvalue weighted by Crippen LogP contribution is 2.22. The monoisotopic (exact) mass is 303 g/mol. The number of nitrogens with zero attached hydrogens (tertiary/aromatic N) is 3. The second-order valence-corrected chi connectivity index (χ2v) is 5.16. The molecule has 1 aliphatic heterocycles. The maximum atomic E-state index is 12.1. The van der Waals surface area contributed by atoms with Gasteiger partial charge in [0, 0.05) is 38.2 Å². The first-order valence-corrected chi connectivity index (χ1v) is 7.03. The number of halogens is 3. The molecule has 1 aromatic rings. The zero-order valence-electron chi connectivity index (χ0n) is 12.0. The van der Waals surface area contributed by atoms with Gasteiger partial charge in [0.15, 0.2) is 5.82 Å². The molecule has 0 bridgehead atoms. The summed E-state index contributed by atoms with van der Waals surface area (Å²) in [6.45, 7) is 2.07. The molecule has 5 nitrogen and oxygen atoms in total. The summed E-state index contributed by atoms with van der Waals surface area (Å²) >= 11 is 0. The molecule has 8 heteroatoms. The first kappa shape index (κ1) is 15.8. The van der Waals surface area contributed by atoms with E-state index in [2.05, 4.69) is 25.7 Å². The van der Waals surface area contributed by atoms with E-state index < -0.39 is 12.6 Å². The van der Waals surface area contributed by atoms with Crippen molar-refractivity contribution in [2.75, 3.05) is 36.9 Å². The Bertz CT molecular complexity index is 452. The molecular formula is C13H20F3N5. The number of hydrogen-bond acceptors (Lipinski definition) is 5. The lowest BCUT2D eigenvalue weighted by atomic mass is 10.3. The zero-order valence-corrected chi connectivity index (χ0v) is 12.0. The molecule has 1 saturated heterocycles. The molecule has 0 saturated carbocycles. The SMILES string of the molecule is CN[C@H]1CCN(c2cnnc(NCCCC(F)(F)F)c2)C1. The van der Waals surface area contributed by atoms with Gasteiger partial charge in [0.2, 0.25) is 0 Å². The Morgan fingerprint density at radius 2 is 2.24 bits per heavy atom. The van der Waals surface area contributed by atoms with E-state index in [1.807, 2.05) is 13.1 Å². The Morgan fingerprint density at radius 1 is 1.43 bits per heavy atom. The van der Waals surface area contributed by atoms with E-state index in [0.717, 1.165) is 25.2 Å². The van der Waals surface area contributed by atoms with Gasteiger partial charge in [0.05, 0.1) is 11.9 Å². The minimum atomic E-state index is -4.10. The van der Waals surface area contributed by atoms with Crippen LogP contribution in [0.25, 0.3) is 0 Å². The number of alkyl halides is 3. The number of rotatable bonds is 6. The van der Waals surface area contributed by atoms with Crippen LogP contribution in [0.2, 0.25) is 0 Å². The van der Waals surface area contributed by atoms with Gasteiger partial charge in [-0.1, -0.05) is 0 Å². The second kappa shape index (κ2) is 6.93. The normalized spacial score (nSPS) is 19.0. The van der Waals surface area contributed by atoms with Gasteiger partial charge in [-0.3, -0.25) is 0 Å². The van der Waals surface area contributed by atoms with Crippen LogP contribution in [0.5, 0.6) is 0 Å². The van der Waals surface area contributed by atoms with E-state index in [1.165, 1.54) is 0 Å². The quantitative estimate of drug-likeness (QED) is 0.788. The third kappa shape index (κ3) is 5.04. The lowest BCUT2D eigenvalue weighted by Gasteiger charge is -2.18. The van der Waals surface area contributed by atoms with Crippen LogP contribution >= 0.6 is 0 Å². The summed E-state index contributed by atoms with van der Waals surface area (Å²) in [5, 5.41) is 13.9. The van der Waals surface area contributed by atoms with Gasteiger partial charge in [-0.15, -0.1) is 5.10 Å². The lowest BCUT2D eigenvalue weighted by molar-refractivity contribution is -0.134. The van der Waals surface area contributed by atoms with E-state index in [1.54, 1.807) is 6.20 Å². The van der Waals surface area contributed by atoms with Crippen LogP contribution in [0.4, 0.5) is 24.7 Å². The van der Waals surface area contributed by atoms with Gasteiger partial charge in [-0.25, -0.2) is 0 Å². The molecule has 0 radical (unpaired) electrons. The molecule has 1 atom stereocenters. The summed E-state index contributed by atoms with van der Waals surface area (Å²) in [7, 11) is 1.94. The molecular weight excluding hydrogens is 283 g/mol. The Morgan fingerprint density at radius 3 is 2.90 bits per heavy atom. The summed E-state index contributed by atoms with van der Waals surface area (Å²) in [6.07, 6.45) is -2.12. The lowest BCUT2D eigenvalue weighted by Crippen LogP contribution is -2.29. The topological polar surface area (TPSA) is 53.1 Å². The fourth-order valence-corrected chi connectivity index (χ4v) is 2.35. The van der Waals surface area contributed by atoms with E-state index in [9.17, 15) is 13.2 Å². The van der Waals surface area contributed by atoms with Gasteiger partial charge < -0.3 is 15.5 Å². The van der Waals surface area contributed by atoms with Crippen LogP contribution in [0.15, 0.2) is 12.3 Å². The van der Waals surface area contributed by atoms with Crippen LogP contribution < -0.4 is 15.5 Å². The van der Waals surface area contributed by atoms with E-state index >= 15 is 0 Å². The molecule has 0 unspecified atom stereocenters. The highest BCUT2D eigenvalue weighted by atomic mass is 19.4. The van der Waals surface area contributed by atoms with Crippen LogP contribution in [-0.2, 0) is 0 Å². The minimum absolute atomic E-state index is 0.0287. The first-order valence-electron chi connectivity index (χ1n) is 7.03. The van der Waals surface area contributed by atoms with Crippen LogP contribution in [-0.4, -0.2) is 49.1 Å². The average Bonchev–Trinajstić information content (AvgIpc) is 2.92. The molecule has 2 rings (SSSR count). The summed E-state index contributed by atoms with van der Waals surface area (Å²) in [4.78, 5) is 2.19. The third-order valence-corrected chi connectivity index (χ3v) is 3.54. The number of anilines is 2. The van der Waals surface area contributed by atoms with Crippen LogP contribution in [0.3, 0.4) is 0 Å². The minimum Gasteiger partial charge on any atom is -0.369 e. The molecule has 21 heavy (non-hydrogen) atoms. The smallest absolute Gasteiger partial charge is 0.369 e. The van der Waals surface area contributed by atoms with Crippen molar-refractivity contribution in [2.24, 2.45) is 0 Å². The van der Waals surface area contributed by atoms with Gasteiger partial charge >= 0.3 is 6.18 Å². The van der Waals surface area contributed by atoms with Crippen molar-refractivity contribution < 1.29 is 13.2 Å². The van der Waals surface area contributed by atoms with Crippen molar-refractivity contribution >= 4 is 11.5 Å². The van der Waals surface area contributed by atoms with Crippen molar-refractivity contribution in [3.8, 4) is 0 Å². The highest BCUT2D eigenvalue weighted by molar-refractivity contribution is 5.52. The van der Waals surface area contributed by atoms with E-state index in [4.69, 9.17) is 0 Å². The maximum Gasteiger partial charge on any atom is 0.389 e. The van der Waals surface area contributed by atoms with E-state index in [-0.39, 0.29) is 13.0 Å². The Hall–Kier alpha value is -1.57. The summed E-state index contributed by atoms with van der Waals surface area (Å²) in [5.41, 5.74) is 0.945. The van der Waals surface area contributed by atoms with Crippen LogP contribution in [0, 0.1) is 0 Å². The molecule has 1 aliphatic rings.